The number of hydrogen-bond donors (Lipinski definition) is 2. The van der Waals surface area contributed by atoms with Crippen LogP contribution in [0.5, 0.6) is 5.75 Å². The van der Waals surface area contributed by atoms with Crippen molar-refractivity contribution in [3.8, 4) is 5.75 Å². The number of piperidine rings is 2. The van der Waals surface area contributed by atoms with Gasteiger partial charge in [-0.25, -0.2) is 4.98 Å². The Bertz CT molecular complexity index is 931. The summed E-state index contributed by atoms with van der Waals surface area (Å²) >= 11 is 0. The van der Waals surface area contributed by atoms with Crippen LogP contribution in [0.15, 0.2) is 30.5 Å². The van der Waals surface area contributed by atoms with Crippen LogP contribution < -0.4 is 15.4 Å². The van der Waals surface area contributed by atoms with Crippen LogP contribution in [0, 0.1) is 0 Å². The minimum atomic E-state index is 0.0330. The molecule has 0 spiro atoms. The second-order valence-electron chi connectivity index (χ2n) is 9.76. The quantitative estimate of drug-likeness (QED) is 0.674. The largest absolute Gasteiger partial charge is 0.490 e. The number of hydrogen-bond acceptors (Lipinski definition) is 6. The molecule has 178 valence electrons. The molecule has 0 bridgehead atoms. The maximum Gasteiger partial charge on any atom is 0.226 e. The molecule has 0 saturated carbocycles. The van der Waals surface area contributed by atoms with Crippen molar-refractivity contribution in [3.63, 3.8) is 0 Å². The summed E-state index contributed by atoms with van der Waals surface area (Å²) in [5.41, 5.74) is 0. The van der Waals surface area contributed by atoms with Crippen molar-refractivity contribution in [2.75, 3.05) is 51.1 Å². The van der Waals surface area contributed by atoms with E-state index in [2.05, 4.69) is 31.5 Å². The van der Waals surface area contributed by atoms with Crippen molar-refractivity contribution in [2.24, 2.45) is 0 Å². The van der Waals surface area contributed by atoms with Crippen molar-refractivity contribution in [1.29, 1.82) is 0 Å². The first-order valence-corrected chi connectivity index (χ1v) is 12.8. The molecule has 33 heavy (non-hydrogen) atoms. The first-order chi connectivity index (χ1) is 16.2. The van der Waals surface area contributed by atoms with Gasteiger partial charge in [0.25, 0.3) is 0 Å². The molecule has 5 rings (SSSR count). The smallest absolute Gasteiger partial charge is 0.226 e. The van der Waals surface area contributed by atoms with Crippen molar-refractivity contribution in [3.05, 3.63) is 30.5 Å². The van der Waals surface area contributed by atoms with Crippen LogP contribution in [0.1, 0.15) is 44.9 Å². The van der Waals surface area contributed by atoms with Crippen LogP contribution in [0.2, 0.25) is 0 Å². The average molecular weight is 452 g/mol. The summed E-state index contributed by atoms with van der Waals surface area (Å²) in [7, 11) is 0. The van der Waals surface area contributed by atoms with Crippen LogP contribution in [-0.2, 0) is 4.79 Å². The van der Waals surface area contributed by atoms with E-state index in [0.29, 0.717) is 12.2 Å². The van der Waals surface area contributed by atoms with Crippen LogP contribution in [0.3, 0.4) is 0 Å². The predicted octanol–water partition coefficient (Wildman–Crippen LogP) is 3.25. The molecule has 4 heterocycles. The van der Waals surface area contributed by atoms with Gasteiger partial charge in [0.05, 0.1) is 0 Å². The lowest BCUT2D eigenvalue weighted by Crippen LogP contribution is -2.44. The Morgan fingerprint density at radius 2 is 1.82 bits per heavy atom. The van der Waals surface area contributed by atoms with Crippen molar-refractivity contribution in [1.82, 2.24) is 20.1 Å². The summed E-state index contributed by atoms with van der Waals surface area (Å²) in [5.74, 6) is 1.53. The topological polar surface area (TPSA) is 69.7 Å². The highest BCUT2D eigenvalue weighted by molar-refractivity contribution is 5.93. The molecule has 1 aromatic carbocycles. The molecule has 3 aliphatic heterocycles. The lowest BCUT2D eigenvalue weighted by Gasteiger charge is -2.36. The molecule has 0 radical (unpaired) electrons. The normalized spacial score (nSPS) is 21.5. The molecule has 3 saturated heterocycles. The van der Waals surface area contributed by atoms with Gasteiger partial charge < -0.3 is 25.2 Å². The molecule has 1 aromatic heterocycles. The first-order valence-electron chi connectivity index (χ1n) is 12.8. The predicted molar refractivity (Wildman–Crippen MR) is 132 cm³/mol. The Hall–Kier alpha value is -2.22. The maximum absolute atomic E-state index is 12.6. The fourth-order valence-corrected chi connectivity index (χ4v) is 5.45. The van der Waals surface area contributed by atoms with E-state index in [9.17, 15) is 4.79 Å². The highest BCUT2D eigenvalue weighted by Gasteiger charge is 2.26. The summed E-state index contributed by atoms with van der Waals surface area (Å²) in [4.78, 5) is 22.1. The Kier molecular flexibility index (Phi) is 7.39. The van der Waals surface area contributed by atoms with Gasteiger partial charge >= 0.3 is 0 Å². The molecule has 1 amide bonds. The number of likely N-dealkylation sites (tertiary alicyclic amines) is 2. The molecule has 7 heteroatoms. The fourth-order valence-electron chi connectivity index (χ4n) is 5.45. The number of pyridine rings is 1. The van der Waals surface area contributed by atoms with Crippen LogP contribution in [0.4, 0.5) is 5.82 Å². The highest BCUT2D eigenvalue weighted by Crippen LogP contribution is 2.25. The average Bonchev–Trinajstić information content (AvgIpc) is 3.39. The first kappa shape index (κ1) is 22.6. The molecule has 0 atom stereocenters. The van der Waals surface area contributed by atoms with Gasteiger partial charge in [0, 0.05) is 30.6 Å². The molecule has 2 aromatic rings. The van der Waals surface area contributed by atoms with E-state index in [1.165, 1.54) is 38.8 Å². The summed E-state index contributed by atoms with van der Waals surface area (Å²) in [6.07, 6.45) is 9.84. The number of fused-ring (bicyclic) bond motifs is 1. The number of anilines is 1. The Labute approximate surface area is 196 Å². The molecule has 0 unspecified atom stereocenters. The van der Waals surface area contributed by atoms with E-state index in [0.717, 1.165) is 68.1 Å². The SMILES string of the molecule is O=C(CCN1CCC(N2CCCC2)CC1)Nc1cc2cc(OC3CCNCC3)ccc2cn1. The summed E-state index contributed by atoms with van der Waals surface area (Å²) < 4.78 is 6.17. The van der Waals surface area contributed by atoms with E-state index in [1.807, 2.05) is 24.4 Å². The lowest BCUT2D eigenvalue weighted by atomic mass is 10.0. The van der Waals surface area contributed by atoms with Gasteiger partial charge in [-0.1, -0.05) is 0 Å². The monoisotopic (exact) mass is 451 g/mol. The third-order valence-corrected chi connectivity index (χ3v) is 7.42. The van der Waals surface area contributed by atoms with E-state index in [1.54, 1.807) is 0 Å². The fraction of sp³-hybridized carbons (Fsp3) is 0.615. The molecule has 3 fully saturated rings. The highest BCUT2D eigenvalue weighted by atomic mass is 16.5. The third kappa shape index (κ3) is 6.02. The summed E-state index contributed by atoms with van der Waals surface area (Å²) in [6.45, 7) is 7.59. The zero-order chi connectivity index (χ0) is 22.5. The second-order valence-corrected chi connectivity index (χ2v) is 9.76. The Balaban J connectivity index is 1.10. The minimum absolute atomic E-state index is 0.0330. The van der Waals surface area contributed by atoms with Gasteiger partial charge in [-0.2, -0.15) is 0 Å². The van der Waals surface area contributed by atoms with E-state index in [4.69, 9.17) is 4.74 Å². The second kappa shape index (κ2) is 10.8. The van der Waals surface area contributed by atoms with E-state index in [-0.39, 0.29) is 12.0 Å². The number of amides is 1. The maximum atomic E-state index is 12.6. The number of rotatable bonds is 7. The molecule has 3 aliphatic rings. The number of carbonyl (C=O) groups is 1. The number of aromatic nitrogens is 1. The van der Waals surface area contributed by atoms with Gasteiger partial charge in [-0.05, 0) is 107 Å². The number of carbonyl (C=O) groups excluding carboxylic acids is 1. The molecule has 2 N–H and O–H groups in total. The number of nitrogens with one attached hydrogen (secondary N) is 2. The Morgan fingerprint density at radius 1 is 1.03 bits per heavy atom. The summed E-state index contributed by atoms with van der Waals surface area (Å²) in [5, 5.41) is 8.45. The number of nitrogens with zero attached hydrogens (tertiary/aromatic N) is 3. The zero-order valence-electron chi connectivity index (χ0n) is 19.6. The van der Waals surface area contributed by atoms with E-state index < -0.39 is 0 Å². The Morgan fingerprint density at radius 3 is 2.61 bits per heavy atom. The molecule has 0 aliphatic carbocycles. The van der Waals surface area contributed by atoms with Crippen LogP contribution >= 0.6 is 0 Å². The minimum Gasteiger partial charge on any atom is -0.490 e. The van der Waals surface area contributed by atoms with Gasteiger partial charge in [0.1, 0.15) is 17.7 Å². The zero-order valence-corrected chi connectivity index (χ0v) is 19.6. The van der Waals surface area contributed by atoms with Crippen molar-refractivity contribution in [2.45, 2.75) is 57.1 Å². The van der Waals surface area contributed by atoms with Crippen molar-refractivity contribution < 1.29 is 9.53 Å². The number of ether oxygens (including phenoxy) is 1. The third-order valence-electron chi connectivity index (χ3n) is 7.42. The van der Waals surface area contributed by atoms with Gasteiger partial charge in [0.15, 0.2) is 0 Å². The van der Waals surface area contributed by atoms with Gasteiger partial charge in [-0.15, -0.1) is 0 Å². The summed E-state index contributed by atoms with van der Waals surface area (Å²) in [6, 6.07) is 8.80. The number of benzene rings is 1. The standard InChI is InChI=1S/C26H37N5O2/c32-26(9-16-30-14-7-22(8-15-30)31-12-1-2-13-31)29-25-18-21-17-24(4-3-20(21)19-28-25)33-23-5-10-27-11-6-23/h3-4,17-19,22-23,27H,1-2,5-16H2,(H,28,29,32). The van der Waals surface area contributed by atoms with E-state index >= 15 is 0 Å². The molecule has 7 nitrogen and oxygen atoms in total. The van der Waals surface area contributed by atoms with Gasteiger partial charge in [0.2, 0.25) is 5.91 Å². The molecular weight excluding hydrogens is 414 g/mol. The lowest BCUT2D eigenvalue weighted by molar-refractivity contribution is -0.116. The van der Waals surface area contributed by atoms with Crippen LogP contribution in [0.25, 0.3) is 10.8 Å². The molecular formula is C26H37N5O2. The van der Waals surface area contributed by atoms with Gasteiger partial charge in [-0.3, -0.25) is 4.79 Å². The van der Waals surface area contributed by atoms with Crippen molar-refractivity contribution >= 4 is 22.5 Å². The van der Waals surface area contributed by atoms with Crippen LogP contribution in [-0.4, -0.2) is 78.7 Å².